The highest BCUT2D eigenvalue weighted by Gasteiger charge is 2.28. The van der Waals surface area contributed by atoms with Crippen LogP contribution in [0.1, 0.15) is 53.9 Å². The molecule has 6 nitrogen and oxygen atoms in total. The molecule has 1 aliphatic rings. The fourth-order valence-corrected chi connectivity index (χ4v) is 5.31. The van der Waals surface area contributed by atoms with Crippen molar-refractivity contribution in [2.45, 2.75) is 46.0 Å². The van der Waals surface area contributed by atoms with Crippen LogP contribution in [0.5, 0.6) is 5.75 Å². The standard InChI is InChI=1S/C23H31N3O3S/c1-4-13-26(14-5-2)15-20(27)25-23-21(18-7-6-8-19(18)30-23)22(28)24-16-9-11-17(29-3)12-10-16/h9-12H,4-8,13-15H2,1-3H3,(H,24,28)(H,25,27)/p+1. The number of nitrogens with one attached hydrogen (secondary N) is 3. The summed E-state index contributed by atoms with van der Waals surface area (Å²) in [6.45, 7) is 6.67. The van der Waals surface area contributed by atoms with E-state index in [1.807, 2.05) is 24.3 Å². The molecule has 1 aromatic heterocycles. The van der Waals surface area contributed by atoms with Gasteiger partial charge in [-0.05, 0) is 61.9 Å². The van der Waals surface area contributed by atoms with E-state index in [-0.39, 0.29) is 11.8 Å². The summed E-state index contributed by atoms with van der Waals surface area (Å²) >= 11 is 1.55. The van der Waals surface area contributed by atoms with Gasteiger partial charge in [-0.15, -0.1) is 11.3 Å². The molecule has 0 bridgehead atoms. The molecule has 3 N–H and O–H groups in total. The Kier molecular flexibility index (Phi) is 7.87. The largest absolute Gasteiger partial charge is 0.497 e. The molecule has 0 atom stereocenters. The lowest BCUT2D eigenvalue weighted by Crippen LogP contribution is -3.13. The monoisotopic (exact) mass is 430 g/mol. The first-order valence-electron chi connectivity index (χ1n) is 10.8. The van der Waals surface area contributed by atoms with Crippen molar-refractivity contribution in [1.82, 2.24) is 0 Å². The average Bonchev–Trinajstić information content (AvgIpc) is 3.29. The molecule has 162 valence electrons. The summed E-state index contributed by atoms with van der Waals surface area (Å²) in [5, 5.41) is 6.71. The highest BCUT2D eigenvalue weighted by atomic mass is 32.1. The maximum atomic E-state index is 13.1. The number of ether oxygens (including phenoxy) is 1. The first-order chi connectivity index (χ1) is 14.5. The number of thiophene rings is 1. The van der Waals surface area contributed by atoms with E-state index in [1.54, 1.807) is 18.4 Å². The zero-order chi connectivity index (χ0) is 21.5. The molecule has 1 aliphatic carbocycles. The van der Waals surface area contributed by atoms with Gasteiger partial charge in [-0.3, -0.25) is 9.59 Å². The van der Waals surface area contributed by atoms with Crippen LogP contribution in [0.3, 0.4) is 0 Å². The Balaban J connectivity index is 1.75. The van der Waals surface area contributed by atoms with E-state index >= 15 is 0 Å². The van der Waals surface area contributed by atoms with E-state index in [2.05, 4.69) is 24.5 Å². The summed E-state index contributed by atoms with van der Waals surface area (Å²) in [6, 6.07) is 7.26. The second-order valence-electron chi connectivity index (χ2n) is 7.72. The molecule has 1 heterocycles. The van der Waals surface area contributed by atoms with Crippen LogP contribution in [0.4, 0.5) is 10.7 Å². The number of hydrogen-bond donors (Lipinski definition) is 3. The topological polar surface area (TPSA) is 71.9 Å². The second-order valence-corrected chi connectivity index (χ2v) is 8.82. The predicted octanol–water partition coefficient (Wildman–Crippen LogP) is 3.14. The zero-order valence-electron chi connectivity index (χ0n) is 18.1. The Morgan fingerprint density at radius 3 is 2.40 bits per heavy atom. The molecule has 2 aromatic rings. The molecule has 0 saturated carbocycles. The number of rotatable bonds is 10. The lowest BCUT2D eigenvalue weighted by atomic mass is 10.1. The zero-order valence-corrected chi connectivity index (χ0v) is 18.9. The van der Waals surface area contributed by atoms with Gasteiger partial charge < -0.3 is 20.3 Å². The summed E-state index contributed by atoms with van der Waals surface area (Å²) in [5.41, 5.74) is 2.43. The van der Waals surface area contributed by atoms with Gasteiger partial charge in [0, 0.05) is 10.6 Å². The van der Waals surface area contributed by atoms with Crippen LogP contribution in [-0.4, -0.2) is 38.6 Å². The summed E-state index contributed by atoms with van der Waals surface area (Å²) in [6.07, 6.45) is 5.01. The second kappa shape index (κ2) is 10.6. The Morgan fingerprint density at radius 2 is 1.77 bits per heavy atom. The first-order valence-corrected chi connectivity index (χ1v) is 11.6. The minimum Gasteiger partial charge on any atom is -0.497 e. The van der Waals surface area contributed by atoms with Gasteiger partial charge >= 0.3 is 0 Å². The molecule has 0 saturated heterocycles. The molecule has 0 spiro atoms. The summed E-state index contributed by atoms with van der Waals surface area (Å²) in [7, 11) is 1.61. The highest BCUT2D eigenvalue weighted by Crippen LogP contribution is 2.39. The van der Waals surface area contributed by atoms with Crippen molar-refractivity contribution in [3.8, 4) is 5.75 Å². The van der Waals surface area contributed by atoms with Crippen molar-refractivity contribution in [3.05, 3.63) is 40.3 Å². The summed E-state index contributed by atoms with van der Waals surface area (Å²) in [4.78, 5) is 28.4. The van der Waals surface area contributed by atoms with Crippen LogP contribution in [0.15, 0.2) is 24.3 Å². The molecule has 3 rings (SSSR count). The maximum Gasteiger partial charge on any atom is 0.280 e. The van der Waals surface area contributed by atoms with Crippen molar-refractivity contribution in [1.29, 1.82) is 0 Å². The van der Waals surface area contributed by atoms with Crippen LogP contribution in [0.2, 0.25) is 0 Å². The molecule has 0 aliphatic heterocycles. The van der Waals surface area contributed by atoms with Gasteiger partial charge in [0.15, 0.2) is 6.54 Å². The lowest BCUT2D eigenvalue weighted by Gasteiger charge is -2.17. The Hall–Kier alpha value is -2.38. The molecule has 1 aromatic carbocycles. The van der Waals surface area contributed by atoms with Crippen LogP contribution in [0.25, 0.3) is 0 Å². The van der Waals surface area contributed by atoms with Crippen LogP contribution in [0, 0.1) is 0 Å². The van der Waals surface area contributed by atoms with Crippen molar-refractivity contribution in [3.63, 3.8) is 0 Å². The van der Waals surface area contributed by atoms with E-state index in [9.17, 15) is 9.59 Å². The van der Waals surface area contributed by atoms with Crippen molar-refractivity contribution < 1.29 is 19.2 Å². The smallest absolute Gasteiger partial charge is 0.280 e. The van der Waals surface area contributed by atoms with Crippen molar-refractivity contribution in [2.75, 3.05) is 37.4 Å². The molecule has 30 heavy (non-hydrogen) atoms. The minimum absolute atomic E-state index is 0.0229. The molecule has 0 unspecified atom stereocenters. The van der Waals surface area contributed by atoms with Crippen LogP contribution in [-0.2, 0) is 17.6 Å². The molecule has 0 fully saturated rings. The number of methoxy groups -OCH3 is 1. The van der Waals surface area contributed by atoms with Gasteiger partial charge in [0.2, 0.25) is 0 Å². The van der Waals surface area contributed by atoms with E-state index < -0.39 is 0 Å². The average molecular weight is 431 g/mol. The third-order valence-electron chi connectivity index (χ3n) is 5.37. The number of carbonyl (C=O) groups excluding carboxylic acids is 2. The summed E-state index contributed by atoms with van der Waals surface area (Å²) in [5.74, 6) is 0.551. The van der Waals surface area contributed by atoms with E-state index in [1.165, 1.54) is 9.78 Å². The summed E-state index contributed by atoms with van der Waals surface area (Å²) < 4.78 is 5.18. The lowest BCUT2D eigenvalue weighted by molar-refractivity contribution is -0.891. The molecule has 2 amide bonds. The van der Waals surface area contributed by atoms with Gasteiger partial charge in [-0.2, -0.15) is 0 Å². The van der Waals surface area contributed by atoms with Gasteiger partial charge in [0.25, 0.3) is 11.8 Å². The third kappa shape index (κ3) is 5.40. The quantitative estimate of drug-likeness (QED) is 0.542. The number of aryl methyl sites for hydroxylation is 1. The van der Waals surface area contributed by atoms with E-state index in [0.717, 1.165) is 56.5 Å². The number of amides is 2. The van der Waals surface area contributed by atoms with Gasteiger partial charge in [-0.25, -0.2) is 0 Å². The number of anilines is 2. The Bertz CT molecular complexity index is 871. The Morgan fingerprint density at radius 1 is 1.07 bits per heavy atom. The fourth-order valence-electron chi connectivity index (χ4n) is 4.01. The number of benzene rings is 1. The number of hydrogen-bond acceptors (Lipinski definition) is 4. The van der Waals surface area contributed by atoms with Crippen LogP contribution >= 0.6 is 11.3 Å². The van der Waals surface area contributed by atoms with E-state index in [0.29, 0.717) is 22.8 Å². The normalized spacial score (nSPS) is 12.7. The van der Waals surface area contributed by atoms with E-state index in [4.69, 9.17) is 4.74 Å². The van der Waals surface area contributed by atoms with Gasteiger partial charge in [0.1, 0.15) is 10.8 Å². The van der Waals surface area contributed by atoms with Crippen LogP contribution < -0.4 is 20.3 Å². The first kappa shape index (κ1) is 22.3. The molecule has 0 radical (unpaired) electrons. The molecular weight excluding hydrogens is 398 g/mol. The molecule has 7 heteroatoms. The van der Waals surface area contributed by atoms with Gasteiger partial charge in [0.05, 0.1) is 25.8 Å². The number of carbonyl (C=O) groups is 2. The fraction of sp³-hybridized carbons (Fsp3) is 0.478. The van der Waals surface area contributed by atoms with Gasteiger partial charge in [-0.1, -0.05) is 13.8 Å². The SMILES string of the molecule is CCC[NH+](CCC)CC(=O)Nc1sc2c(c1C(=O)Nc1ccc(OC)cc1)CCC2. The Labute approximate surface area is 182 Å². The number of quaternary nitrogens is 1. The van der Waals surface area contributed by atoms with Crippen molar-refractivity contribution >= 4 is 33.8 Å². The minimum atomic E-state index is -0.166. The third-order valence-corrected chi connectivity index (χ3v) is 6.57. The van der Waals surface area contributed by atoms with Crippen molar-refractivity contribution in [2.24, 2.45) is 0 Å². The number of fused-ring (bicyclic) bond motifs is 1. The highest BCUT2D eigenvalue weighted by molar-refractivity contribution is 7.17. The predicted molar refractivity (Wildman–Crippen MR) is 122 cm³/mol. The molecular formula is C23H32N3O3S+. The maximum absolute atomic E-state index is 13.1.